The van der Waals surface area contributed by atoms with Crippen molar-refractivity contribution in [2.45, 2.75) is 6.92 Å². The molecule has 2 saturated heterocycles. The van der Waals surface area contributed by atoms with E-state index in [1.165, 1.54) is 6.08 Å². The minimum Gasteiger partial charge on any atom is -0.352 e. The van der Waals surface area contributed by atoms with Crippen molar-refractivity contribution in [2.75, 3.05) is 69.2 Å². The molecular formula is C28H30ClFN8O. The van der Waals surface area contributed by atoms with Crippen molar-refractivity contribution in [1.29, 1.82) is 0 Å². The van der Waals surface area contributed by atoms with E-state index < -0.39 is 5.82 Å². The molecule has 2 aliphatic rings. The van der Waals surface area contributed by atoms with Crippen LogP contribution in [0.3, 0.4) is 0 Å². The lowest BCUT2D eigenvalue weighted by Gasteiger charge is -2.36. The summed E-state index contributed by atoms with van der Waals surface area (Å²) < 4.78 is 16.7. The SMILES string of the molecule is C=CC(=O)N1CCN(c2nc(N3CCN(C)CC3)nc3c(F)c(-c4c(C)ccc5[nH]ncc45)c(Cl)cc23)CC1. The molecule has 0 aliphatic carbocycles. The van der Waals surface area contributed by atoms with Gasteiger partial charge in [0.15, 0.2) is 5.82 Å². The minimum absolute atomic E-state index is 0.0946. The fourth-order valence-corrected chi connectivity index (χ4v) is 5.80. The number of benzene rings is 2. The molecule has 4 aromatic rings. The third-order valence-corrected chi connectivity index (χ3v) is 8.08. The van der Waals surface area contributed by atoms with Crippen LogP contribution in [0, 0.1) is 12.7 Å². The van der Waals surface area contributed by atoms with Crippen molar-refractivity contribution in [3.8, 4) is 11.1 Å². The summed E-state index contributed by atoms with van der Waals surface area (Å²) in [6.07, 6.45) is 3.03. The highest BCUT2D eigenvalue weighted by molar-refractivity contribution is 6.35. The first-order chi connectivity index (χ1) is 18.9. The number of aryl methyl sites for hydroxylation is 1. The number of likely N-dealkylation sites (N-methyl/N-ethyl adjacent to an activating group) is 1. The Morgan fingerprint density at radius 2 is 1.74 bits per heavy atom. The van der Waals surface area contributed by atoms with E-state index in [2.05, 4.69) is 38.5 Å². The van der Waals surface area contributed by atoms with Crippen LogP contribution in [0.2, 0.25) is 5.02 Å². The Morgan fingerprint density at radius 3 is 2.46 bits per heavy atom. The third kappa shape index (κ3) is 4.47. The van der Waals surface area contributed by atoms with Gasteiger partial charge in [0.25, 0.3) is 0 Å². The second-order valence-corrected chi connectivity index (χ2v) is 10.6. The van der Waals surface area contributed by atoms with Crippen LogP contribution in [0.1, 0.15) is 5.56 Å². The van der Waals surface area contributed by atoms with Crippen LogP contribution in [-0.2, 0) is 4.79 Å². The van der Waals surface area contributed by atoms with Crippen LogP contribution in [0.5, 0.6) is 0 Å². The van der Waals surface area contributed by atoms with Crippen LogP contribution >= 0.6 is 11.6 Å². The number of H-pyrrole nitrogens is 1. The van der Waals surface area contributed by atoms with Crippen molar-refractivity contribution >= 4 is 51.1 Å². The largest absolute Gasteiger partial charge is 0.352 e. The standard InChI is InChI=1S/C28H30ClFN8O/c1-4-22(39)36-11-13-37(14-12-36)27-18-15-20(29)24(23-17(2)5-6-21-19(23)16-31-34-21)25(30)26(18)32-28(33-27)38-9-7-35(3)8-10-38/h4-6,15-16H,1,7-14H2,2-3H3,(H,31,34). The Hall–Kier alpha value is -3.76. The zero-order valence-electron chi connectivity index (χ0n) is 22.0. The van der Waals surface area contributed by atoms with Gasteiger partial charge < -0.3 is 19.6 Å². The smallest absolute Gasteiger partial charge is 0.246 e. The van der Waals surface area contributed by atoms with Gasteiger partial charge in [0.05, 0.1) is 16.7 Å². The number of aromatic amines is 1. The lowest BCUT2D eigenvalue weighted by Crippen LogP contribution is -2.49. The monoisotopic (exact) mass is 548 g/mol. The summed E-state index contributed by atoms with van der Waals surface area (Å²) in [5, 5.41) is 8.77. The van der Waals surface area contributed by atoms with E-state index in [9.17, 15) is 4.79 Å². The molecule has 2 aliphatic heterocycles. The molecule has 39 heavy (non-hydrogen) atoms. The summed E-state index contributed by atoms with van der Waals surface area (Å²) >= 11 is 6.86. The van der Waals surface area contributed by atoms with Gasteiger partial charge in [-0.15, -0.1) is 0 Å². The second-order valence-electron chi connectivity index (χ2n) is 10.2. The molecule has 0 saturated carbocycles. The number of aromatic nitrogens is 4. The molecule has 1 amide bonds. The van der Waals surface area contributed by atoms with E-state index in [4.69, 9.17) is 21.6 Å². The second kappa shape index (κ2) is 10.1. The maximum atomic E-state index is 16.7. The Morgan fingerprint density at radius 1 is 1.03 bits per heavy atom. The number of hydrogen-bond acceptors (Lipinski definition) is 7. The molecule has 2 fully saturated rings. The van der Waals surface area contributed by atoms with Gasteiger partial charge in [-0.3, -0.25) is 9.89 Å². The summed E-state index contributed by atoms with van der Waals surface area (Å²) in [7, 11) is 2.08. The van der Waals surface area contributed by atoms with Crippen LogP contribution in [0.25, 0.3) is 32.9 Å². The Balaban J connectivity index is 1.52. The van der Waals surface area contributed by atoms with E-state index in [-0.39, 0.29) is 16.4 Å². The maximum Gasteiger partial charge on any atom is 0.246 e. The normalized spacial score (nSPS) is 16.9. The number of carbonyl (C=O) groups is 1. The van der Waals surface area contributed by atoms with Gasteiger partial charge in [-0.05, 0) is 37.7 Å². The highest BCUT2D eigenvalue weighted by atomic mass is 35.5. The molecule has 9 nitrogen and oxygen atoms in total. The summed E-state index contributed by atoms with van der Waals surface area (Å²) in [6, 6.07) is 5.63. The van der Waals surface area contributed by atoms with Gasteiger partial charge in [0, 0.05) is 74.3 Å². The Bertz CT molecular complexity index is 1590. The highest BCUT2D eigenvalue weighted by Crippen LogP contribution is 2.42. The molecular weight excluding hydrogens is 519 g/mol. The van der Waals surface area contributed by atoms with Crippen molar-refractivity contribution in [1.82, 2.24) is 30.0 Å². The number of nitrogens with one attached hydrogen (secondary N) is 1. The minimum atomic E-state index is -0.478. The number of rotatable bonds is 4. The Labute approximate surface area is 230 Å². The van der Waals surface area contributed by atoms with Crippen molar-refractivity contribution in [2.24, 2.45) is 0 Å². The summed E-state index contributed by atoms with van der Waals surface area (Å²) in [4.78, 5) is 30.1. The topological polar surface area (TPSA) is 84.5 Å². The first-order valence-electron chi connectivity index (χ1n) is 13.1. The van der Waals surface area contributed by atoms with Gasteiger partial charge in [-0.2, -0.15) is 10.1 Å². The summed E-state index contributed by atoms with van der Waals surface area (Å²) in [5.74, 6) is 0.558. The van der Waals surface area contributed by atoms with Crippen molar-refractivity contribution in [3.05, 3.63) is 53.5 Å². The Kier molecular flexibility index (Phi) is 6.60. The molecule has 0 spiro atoms. The molecule has 11 heteroatoms. The molecule has 0 bridgehead atoms. The molecule has 2 aromatic heterocycles. The molecule has 1 N–H and O–H groups in total. The van der Waals surface area contributed by atoms with Crippen LogP contribution in [-0.4, -0.2) is 95.3 Å². The molecule has 4 heterocycles. The van der Waals surface area contributed by atoms with E-state index in [1.807, 2.05) is 19.1 Å². The van der Waals surface area contributed by atoms with Gasteiger partial charge in [0.2, 0.25) is 11.9 Å². The van der Waals surface area contributed by atoms with E-state index in [1.54, 1.807) is 17.2 Å². The maximum absolute atomic E-state index is 16.7. The number of nitrogens with zero attached hydrogens (tertiary/aromatic N) is 7. The lowest BCUT2D eigenvalue weighted by molar-refractivity contribution is -0.126. The molecule has 6 rings (SSSR count). The molecule has 0 radical (unpaired) electrons. The fourth-order valence-electron chi connectivity index (χ4n) is 5.51. The quantitative estimate of drug-likeness (QED) is 0.388. The molecule has 0 atom stereocenters. The predicted molar refractivity (Wildman–Crippen MR) is 153 cm³/mol. The highest BCUT2D eigenvalue weighted by Gasteiger charge is 2.28. The van der Waals surface area contributed by atoms with Crippen molar-refractivity contribution in [3.63, 3.8) is 0 Å². The molecule has 202 valence electrons. The first kappa shape index (κ1) is 25.5. The van der Waals surface area contributed by atoms with Crippen LogP contribution < -0.4 is 9.80 Å². The zero-order chi connectivity index (χ0) is 27.3. The van der Waals surface area contributed by atoms with Crippen LogP contribution in [0.15, 0.2) is 37.1 Å². The number of carbonyl (C=O) groups excluding carboxylic acids is 1. The average molecular weight is 549 g/mol. The fraction of sp³-hybridized carbons (Fsp3) is 0.357. The van der Waals surface area contributed by atoms with Crippen molar-refractivity contribution < 1.29 is 9.18 Å². The zero-order valence-corrected chi connectivity index (χ0v) is 22.8. The van der Waals surface area contributed by atoms with E-state index >= 15 is 4.39 Å². The number of fused-ring (bicyclic) bond motifs is 2. The number of halogens is 2. The van der Waals surface area contributed by atoms with Crippen LogP contribution in [0.4, 0.5) is 16.2 Å². The first-order valence-corrected chi connectivity index (χ1v) is 13.5. The average Bonchev–Trinajstić information content (AvgIpc) is 3.43. The van der Waals surface area contributed by atoms with Gasteiger partial charge in [-0.25, -0.2) is 9.37 Å². The van der Waals surface area contributed by atoms with E-state index in [0.717, 1.165) is 42.6 Å². The number of anilines is 2. The van der Waals surface area contributed by atoms with Gasteiger partial charge in [0.1, 0.15) is 11.3 Å². The summed E-state index contributed by atoms with van der Waals surface area (Å²) in [6.45, 7) is 10.9. The van der Waals surface area contributed by atoms with E-state index in [0.29, 0.717) is 54.5 Å². The molecule has 2 aromatic carbocycles. The predicted octanol–water partition coefficient (Wildman–Crippen LogP) is 3.86. The molecule has 0 unspecified atom stereocenters. The summed E-state index contributed by atoms with van der Waals surface area (Å²) in [5.41, 5.74) is 2.94. The van der Waals surface area contributed by atoms with Gasteiger partial charge >= 0.3 is 0 Å². The number of amides is 1. The number of hydrogen-bond donors (Lipinski definition) is 1. The lowest BCUT2D eigenvalue weighted by atomic mass is 9.95. The number of piperazine rings is 2. The van der Waals surface area contributed by atoms with Gasteiger partial charge in [-0.1, -0.05) is 24.2 Å². The third-order valence-electron chi connectivity index (χ3n) is 7.79.